The molecule has 4 rings (SSSR count). The molecule has 2 aromatic heterocycles. The molecule has 0 aliphatic heterocycles. The van der Waals surface area contributed by atoms with E-state index in [4.69, 9.17) is 4.98 Å². The van der Waals surface area contributed by atoms with E-state index in [2.05, 4.69) is 54.7 Å². The zero-order valence-electron chi connectivity index (χ0n) is 13.1. The highest BCUT2D eigenvalue weighted by Crippen LogP contribution is 2.34. The minimum atomic E-state index is 0.926. The molecule has 0 N–H and O–H groups in total. The van der Waals surface area contributed by atoms with Crippen LogP contribution in [0.25, 0.3) is 22.5 Å². The highest BCUT2D eigenvalue weighted by atomic mass is 15.0. The largest absolute Gasteiger partial charge is 0.330 e. The second-order valence-electron chi connectivity index (χ2n) is 6.03. The van der Waals surface area contributed by atoms with Crippen LogP contribution in [0, 0.1) is 13.8 Å². The summed E-state index contributed by atoms with van der Waals surface area (Å²) < 4.78 is 2.23. The van der Waals surface area contributed by atoms with Gasteiger partial charge in [0.1, 0.15) is 5.69 Å². The highest BCUT2D eigenvalue weighted by Gasteiger charge is 2.28. The fourth-order valence-corrected chi connectivity index (χ4v) is 3.27. The molecule has 0 fully saturated rings. The number of fused-ring (bicyclic) bond motifs is 3. The molecule has 0 saturated heterocycles. The van der Waals surface area contributed by atoms with E-state index in [1.165, 1.54) is 39.1 Å². The van der Waals surface area contributed by atoms with Crippen molar-refractivity contribution in [2.24, 2.45) is 7.05 Å². The lowest BCUT2D eigenvalue weighted by molar-refractivity contribution is -0.669. The van der Waals surface area contributed by atoms with E-state index in [-0.39, 0.29) is 0 Å². The Morgan fingerprint density at radius 1 is 1.00 bits per heavy atom. The fraction of sp³-hybridized carbons (Fsp3) is 0.211. The predicted molar refractivity (Wildman–Crippen MR) is 86.4 cm³/mol. The van der Waals surface area contributed by atoms with Gasteiger partial charge in [-0.15, -0.1) is 0 Å². The summed E-state index contributed by atoms with van der Waals surface area (Å²) in [6, 6.07) is 8.61. The second-order valence-corrected chi connectivity index (χ2v) is 6.03. The Labute approximate surface area is 130 Å². The van der Waals surface area contributed by atoms with Crippen LogP contribution in [0.3, 0.4) is 0 Å². The summed E-state index contributed by atoms with van der Waals surface area (Å²) in [5.41, 5.74) is 8.82. The van der Waals surface area contributed by atoms with Crippen LogP contribution in [-0.4, -0.2) is 9.97 Å². The van der Waals surface area contributed by atoms with Crippen LogP contribution in [0.4, 0.5) is 0 Å². The normalized spacial score (nSPS) is 12.1. The molecule has 0 spiro atoms. The van der Waals surface area contributed by atoms with E-state index in [1.54, 1.807) is 0 Å². The zero-order valence-corrected chi connectivity index (χ0v) is 13.1. The van der Waals surface area contributed by atoms with Crippen LogP contribution < -0.4 is 4.57 Å². The number of aromatic nitrogens is 3. The third-order valence-corrected chi connectivity index (χ3v) is 4.54. The number of benzene rings is 1. The van der Waals surface area contributed by atoms with Crippen molar-refractivity contribution in [3.8, 4) is 22.5 Å². The lowest BCUT2D eigenvalue weighted by Gasteiger charge is -2.07. The molecule has 0 atom stereocenters. The molecule has 0 bridgehead atoms. The molecular weight excluding hydrogens is 270 g/mol. The van der Waals surface area contributed by atoms with Gasteiger partial charge < -0.3 is 0 Å². The van der Waals surface area contributed by atoms with Gasteiger partial charge >= 0.3 is 5.82 Å². The van der Waals surface area contributed by atoms with Crippen molar-refractivity contribution in [1.82, 2.24) is 9.97 Å². The monoisotopic (exact) mass is 288 g/mol. The quantitative estimate of drug-likeness (QED) is 0.504. The standard InChI is InChI=1S/C19H18N3/c1-12-4-5-13(2)16(8-12)19-21-11-17-15-6-7-20-10-14(15)9-18(17)22(19)3/h4-8,10-11H,9H2,1-3H3/q+1. The van der Waals surface area contributed by atoms with E-state index in [0.717, 1.165) is 12.2 Å². The number of pyridine rings is 1. The van der Waals surface area contributed by atoms with Gasteiger partial charge in [0.25, 0.3) is 0 Å². The minimum Gasteiger partial charge on any atom is -0.264 e. The predicted octanol–water partition coefficient (Wildman–Crippen LogP) is 3.16. The van der Waals surface area contributed by atoms with Gasteiger partial charge in [0.05, 0.1) is 18.2 Å². The molecule has 2 heterocycles. The molecule has 22 heavy (non-hydrogen) atoms. The molecule has 0 saturated carbocycles. The van der Waals surface area contributed by atoms with Crippen molar-refractivity contribution in [2.75, 3.05) is 0 Å². The van der Waals surface area contributed by atoms with Gasteiger partial charge in [0.15, 0.2) is 6.20 Å². The maximum atomic E-state index is 4.76. The molecule has 0 unspecified atom stereocenters. The maximum absolute atomic E-state index is 4.76. The molecule has 0 radical (unpaired) electrons. The van der Waals surface area contributed by atoms with Crippen molar-refractivity contribution in [2.45, 2.75) is 20.3 Å². The van der Waals surface area contributed by atoms with Crippen molar-refractivity contribution in [3.63, 3.8) is 0 Å². The summed E-state index contributed by atoms with van der Waals surface area (Å²) in [4.78, 5) is 9.01. The highest BCUT2D eigenvalue weighted by molar-refractivity contribution is 5.73. The molecule has 1 aliphatic rings. The summed E-state index contributed by atoms with van der Waals surface area (Å²) in [7, 11) is 2.11. The first-order chi connectivity index (χ1) is 10.6. The number of hydrogen-bond donors (Lipinski definition) is 0. The Morgan fingerprint density at radius 2 is 1.86 bits per heavy atom. The Bertz CT molecular complexity index is 897. The number of aryl methyl sites for hydroxylation is 2. The average molecular weight is 288 g/mol. The van der Waals surface area contributed by atoms with Gasteiger partial charge in [0.2, 0.25) is 0 Å². The summed E-state index contributed by atoms with van der Waals surface area (Å²) in [5.74, 6) is 1.03. The summed E-state index contributed by atoms with van der Waals surface area (Å²) in [6.07, 6.45) is 6.76. The van der Waals surface area contributed by atoms with Crippen molar-refractivity contribution in [1.29, 1.82) is 0 Å². The van der Waals surface area contributed by atoms with Crippen LogP contribution in [0.5, 0.6) is 0 Å². The van der Waals surface area contributed by atoms with Gasteiger partial charge in [-0.25, -0.2) is 4.57 Å². The van der Waals surface area contributed by atoms with Crippen LogP contribution in [0.2, 0.25) is 0 Å². The third-order valence-electron chi connectivity index (χ3n) is 4.54. The maximum Gasteiger partial charge on any atom is 0.330 e. The second kappa shape index (κ2) is 4.73. The first kappa shape index (κ1) is 13.1. The topological polar surface area (TPSA) is 29.7 Å². The third kappa shape index (κ3) is 1.86. The van der Waals surface area contributed by atoms with Crippen LogP contribution >= 0.6 is 0 Å². The van der Waals surface area contributed by atoms with Crippen molar-refractivity contribution in [3.05, 3.63) is 65.2 Å². The van der Waals surface area contributed by atoms with Gasteiger partial charge in [-0.05, 0) is 47.7 Å². The molecule has 1 aliphatic carbocycles. The zero-order chi connectivity index (χ0) is 15.3. The molecule has 3 aromatic rings. The molecule has 0 amide bonds. The van der Waals surface area contributed by atoms with Crippen molar-refractivity contribution >= 4 is 0 Å². The van der Waals surface area contributed by atoms with Gasteiger partial charge in [-0.2, -0.15) is 0 Å². The van der Waals surface area contributed by atoms with Gasteiger partial charge in [0, 0.05) is 18.8 Å². The van der Waals surface area contributed by atoms with Gasteiger partial charge in [-0.3, -0.25) is 4.98 Å². The van der Waals surface area contributed by atoms with E-state index in [9.17, 15) is 0 Å². The Hall–Kier alpha value is -2.55. The molecule has 3 heteroatoms. The smallest absolute Gasteiger partial charge is 0.264 e. The Balaban J connectivity index is 1.92. The Kier molecular flexibility index (Phi) is 2.83. The van der Waals surface area contributed by atoms with Gasteiger partial charge in [-0.1, -0.05) is 17.7 Å². The number of hydrogen-bond acceptors (Lipinski definition) is 2. The minimum absolute atomic E-state index is 0.926. The van der Waals surface area contributed by atoms with E-state index < -0.39 is 0 Å². The van der Waals surface area contributed by atoms with Crippen LogP contribution in [0.1, 0.15) is 22.4 Å². The first-order valence-electron chi connectivity index (χ1n) is 7.54. The lowest BCUT2D eigenvalue weighted by Crippen LogP contribution is -2.37. The number of rotatable bonds is 1. The Morgan fingerprint density at radius 3 is 2.73 bits per heavy atom. The average Bonchev–Trinajstić information content (AvgIpc) is 2.90. The summed E-state index contributed by atoms with van der Waals surface area (Å²) in [6.45, 7) is 4.26. The van der Waals surface area contributed by atoms with Crippen molar-refractivity contribution < 1.29 is 4.57 Å². The van der Waals surface area contributed by atoms with E-state index in [0.29, 0.717) is 0 Å². The fourth-order valence-electron chi connectivity index (χ4n) is 3.27. The van der Waals surface area contributed by atoms with Crippen LogP contribution in [0.15, 0.2) is 42.9 Å². The molecular formula is C19H18N3+. The van der Waals surface area contributed by atoms with E-state index >= 15 is 0 Å². The van der Waals surface area contributed by atoms with Crippen LogP contribution in [-0.2, 0) is 13.5 Å². The summed E-state index contributed by atoms with van der Waals surface area (Å²) >= 11 is 0. The SMILES string of the molecule is Cc1ccc(C)c(-c2ncc3c([n+]2C)Cc2cnccc2-3)c1. The molecule has 108 valence electrons. The molecule has 3 nitrogen and oxygen atoms in total. The number of nitrogens with zero attached hydrogens (tertiary/aromatic N) is 3. The lowest BCUT2D eigenvalue weighted by atomic mass is 10.0. The summed E-state index contributed by atoms with van der Waals surface area (Å²) in [5, 5.41) is 0. The first-order valence-corrected chi connectivity index (χ1v) is 7.54. The molecule has 1 aromatic carbocycles. The van der Waals surface area contributed by atoms with E-state index in [1.807, 2.05) is 18.6 Å².